The van der Waals surface area contributed by atoms with Crippen LogP contribution in [0.1, 0.15) is 52.3 Å². The average Bonchev–Trinajstić information content (AvgIpc) is 3.07. The zero-order valence-electron chi connectivity index (χ0n) is 15.9. The fraction of sp³-hybridized carbons (Fsp3) is 0.684. The first kappa shape index (κ1) is 17.2. The molecule has 4 rings (SSSR count). The minimum absolute atomic E-state index is 0.144. The highest BCUT2D eigenvalue weighted by atomic mass is 16.4. The molecule has 1 spiro atoms. The summed E-state index contributed by atoms with van der Waals surface area (Å²) in [6.45, 7) is 8.93. The van der Waals surface area contributed by atoms with Gasteiger partial charge in [-0.05, 0) is 33.1 Å². The molecule has 0 aromatic carbocycles. The minimum Gasteiger partial charge on any atom is -0.422 e. The molecule has 7 heteroatoms. The van der Waals surface area contributed by atoms with E-state index in [0.717, 1.165) is 56.7 Å². The molecule has 1 amide bonds. The van der Waals surface area contributed by atoms with Gasteiger partial charge >= 0.3 is 0 Å². The third-order valence-electron chi connectivity index (χ3n) is 5.80. The summed E-state index contributed by atoms with van der Waals surface area (Å²) in [4.78, 5) is 30.0. The molecule has 2 aliphatic heterocycles. The molecule has 0 unspecified atom stereocenters. The molecule has 7 nitrogen and oxygen atoms in total. The van der Waals surface area contributed by atoms with Gasteiger partial charge in [0, 0.05) is 43.9 Å². The Labute approximate surface area is 153 Å². The van der Waals surface area contributed by atoms with Crippen LogP contribution in [0, 0.1) is 5.41 Å². The second kappa shape index (κ2) is 6.52. The van der Waals surface area contributed by atoms with Gasteiger partial charge in [-0.3, -0.25) is 4.79 Å². The number of aryl methyl sites for hydroxylation is 1. The van der Waals surface area contributed by atoms with Crippen LogP contribution in [-0.4, -0.2) is 51.4 Å². The molecule has 4 heterocycles. The maximum atomic E-state index is 12.3. The predicted molar refractivity (Wildman–Crippen MR) is 98.9 cm³/mol. The number of amides is 1. The lowest BCUT2D eigenvalue weighted by molar-refractivity contribution is -0.140. The van der Waals surface area contributed by atoms with Crippen molar-refractivity contribution in [3.63, 3.8) is 0 Å². The number of anilines is 1. The van der Waals surface area contributed by atoms with Crippen LogP contribution in [0.3, 0.4) is 0 Å². The van der Waals surface area contributed by atoms with Crippen LogP contribution in [0.15, 0.2) is 10.7 Å². The van der Waals surface area contributed by atoms with E-state index in [1.807, 2.05) is 11.8 Å². The molecular weight excluding hydrogens is 330 g/mol. The maximum Gasteiger partial charge on any atom is 0.252 e. The van der Waals surface area contributed by atoms with E-state index in [-0.39, 0.29) is 17.4 Å². The van der Waals surface area contributed by atoms with Crippen molar-refractivity contribution in [1.82, 2.24) is 19.9 Å². The van der Waals surface area contributed by atoms with Crippen LogP contribution in [0.5, 0.6) is 0 Å². The van der Waals surface area contributed by atoms with Gasteiger partial charge in [0.25, 0.3) is 5.71 Å². The van der Waals surface area contributed by atoms with Gasteiger partial charge in [-0.15, -0.1) is 0 Å². The zero-order valence-corrected chi connectivity index (χ0v) is 15.9. The number of likely N-dealkylation sites (tertiary alicyclic amines) is 1. The molecule has 140 valence electrons. The topological polar surface area (TPSA) is 75.4 Å². The first-order valence-electron chi connectivity index (χ1n) is 9.66. The summed E-state index contributed by atoms with van der Waals surface area (Å²) in [6.07, 6.45) is 6.17. The van der Waals surface area contributed by atoms with Gasteiger partial charge in [0.05, 0.1) is 0 Å². The summed E-state index contributed by atoms with van der Waals surface area (Å²) >= 11 is 0. The molecule has 0 bridgehead atoms. The lowest BCUT2D eigenvalue weighted by atomic mass is 9.73. The Morgan fingerprint density at radius 3 is 2.88 bits per heavy atom. The Morgan fingerprint density at radius 2 is 2.12 bits per heavy atom. The molecule has 1 atom stereocenters. The molecule has 2 saturated heterocycles. The van der Waals surface area contributed by atoms with Gasteiger partial charge in [0.2, 0.25) is 5.91 Å². The Morgan fingerprint density at radius 1 is 1.27 bits per heavy atom. The van der Waals surface area contributed by atoms with E-state index in [1.165, 1.54) is 0 Å². The lowest BCUT2D eigenvalue weighted by Crippen LogP contribution is -2.55. The van der Waals surface area contributed by atoms with Crippen LogP contribution in [0.25, 0.3) is 11.2 Å². The lowest BCUT2D eigenvalue weighted by Gasteiger charge is -2.49. The number of carbonyl (C=O) groups is 1. The first-order valence-corrected chi connectivity index (χ1v) is 9.66. The maximum absolute atomic E-state index is 12.3. The first-order chi connectivity index (χ1) is 12.5. The molecule has 2 aliphatic rings. The van der Waals surface area contributed by atoms with Gasteiger partial charge in [-0.1, -0.05) is 6.92 Å². The van der Waals surface area contributed by atoms with E-state index in [9.17, 15) is 4.79 Å². The zero-order chi connectivity index (χ0) is 18.3. The SMILES string of the molecule is CCc1nc2c(N3CCC[C@@]4(CCC(=O)N(C(C)C)C4)C3)ncnc2o1. The summed E-state index contributed by atoms with van der Waals surface area (Å²) in [5.74, 6) is 1.85. The number of piperidine rings is 2. The predicted octanol–water partition coefficient (Wildman–Crippen LogP) is 2.80. The van der Waals surface area contributed by atoms with Crippen molar-refractivity contribution in [3.05, 3.63) is 12.2 Å². The third-order valence-corrected chi connectivity index (χ3v) is 5.80. The van der Waals surface area contributed by atoms with Gasteiger partial charge in [0.1, 0.15) is 6.33 Å². The van der Waals surface area contributed by atoms with E-state index < -0.39 is 0 Å². The second-order valence-corrected chi connectivity index (χ2v) is 7.95. The van der Waals surface area contributed by atoms with E-state index in [2.05, 4.69) is 33.7 Å². The van der Waals surface area contributed by atoms with Gasteiger partial charge in [-0.25, -0.2) is 9.97 Å². The van der Waals surface area contributed by atoms with Crippen molar-refractivity contribution in [1.29, 1.82) is 0 Å². The average molecular weight is 357 g/mol. The molecule has 26 heavy (non-hydrogen) atoms. The molecule has 0 saturated carbocycles. The van der Waals surface area contributed by atoms with Gasteiger partial charge in [0.15, 0.2) is 17.2 Å². The summed E-state index contributed by atoms with van der Waals surface area (Å²) < 4.78 is 5.71. The van der Waals surface area contributed by atoms with Crippen molar-refractivity contribution in [2.45, 2.75) is 58.9 Å². The van der Waals surface area contributed by atoms with Crippen LogP contribution in [-0.2, 0) is 11.2 Å². The van der Waals surface area contributed by atoms with Crippen molar-refractivity contribution in [3.8, 4) is 0 Å². The monoisotopic (exact) mass is 357 g/mol. The Kier molecular flexibility index (Phi) is 4.32. The highest BCUT2D eigenvalue weighted by molar-refractivity contribution is 5.82. The normalized spacial score (nSPS) is 24.2. The van der Waals surface area contributed by atoms with E-state index in [1.54, 1.807) is 6.33 Å². The third kappa shape index (κ3) is 2.93. The molecule has 2 aromatic heterocycles. The van der Waals surface area contributed by atoms with Crippen molar-refractivity contribution >= 4 is 23.0 Å². The summed E-state index contributed by atoms with van der Waals surface area (Å²) in [7, 11) is 0. The van der Waals surface area contributed by atoms with Crippen LogP contribution in [0.2, 0.25) is 0 Å². The second-order valence-electron chi connectivity index (χ2n) is 7.95. The molecule has 0 N–H and O–H groups in total. The minimum atomic E-state index is 0.144. The number of aromatic nitrogens is 3. The molecule has 0 aliphatic carbocycles. The van der Waals surface area contributed by atoms with Gasteiger partial charge < -0.3 is 14.2 Å². The Bertz CT molecular complexity index is 817. The highest BCUT2D eigenvalue weighted by Crippen LogP contribution is 2.41. The standard InChI is InChI=1S/C19H27N5O2/c1-4-14-22-16-17(20-12-21-18(16)26-14)23-9-5-7-19(10-23)8-6-15(25)24(11-19)13(2)3/h12-13H,4-11H2,1-3H3/t19-/m1/s1. The molecular formula is C19H27N5O2. The Hall–Kier alpha value is -2.18. The largest absolute Gasteiger partial charge is 0.422 e. The van der Waals surface area contributed by atoms with Gasteiger partial charge in [-0.2, -0.15) is 4.98 Å². The highest BCUT2D eigenvalue weighted by Gasteiger charge is 2.43. The summed E-state index contributed by atoms with van der Waals surface area (Å²) in [5.41, 5.74) is 1.47. The number of carbonyl (C=O) groups excluding carboxylic acids is 1. The number of hydrogen-bond acceptors (Lipinski definition) is 6. The number of nitrogens with zero attached hydrogens (tertiary/aromatic N) is 5. The number of rotatable bonds is 3. The van der Waals surface area contributed by atoms with Crippen LogP contribution < -0.4 is 4.90 Å². The fourth-order valence-electron chi connectivity index (χ4n) is 4.40. The van der Waals surface area contributed by atoms with Crippen LogP contribution >= 0.6 is 0 Å². The summed E-state index contributed by atoms with van der Waals surface area (Å²) in [5, 5.41) is 0. The van der Waals surface area contributed by atoms with Crippen LogP contribution in [0.4, 0.5) is 5.82 Å². The van der Waals surface area contributed by atoms with Crippen molar-refractivity contribution in [2.75, 3.05) is 24.5 Å². The molecule has 2 aromatic rings. The quantitative estimate of drug-likeness (QED) is 0.841. The number of oxazole rings is 1. The molecule has 2 fully saturated rings. The number of fused-ring (bicyclic) bond motifs is 1. The van der Waals surface area contributed by atoms with Crippen molar-refractivity contribution < 1.29 is 9.21 Å². The smallest absolute Gasteiger partial charge is 0.252 e. The van der Waals surface area contributed by atoms with Crippen molar-refractivity contribution in [2.24, 2.45) is 5.41 Å². The van der Waals surface area contributed by atoms with E-state index in [0.29, 0.717) is 18.0 Å². The fourth-order valence-corrected chi connectivity index (χ4v) is 4.40. The Balaban J connectivity index is 1.63. The summed E-state index contributed by atoms with van der Waals surface area (Å²) in [6, 6.07) is 0.253. The number of hydrogen-bond donors (Lipinski definition) is 0. The van der Waals surface area contributed by atoms with E-state index >= 15 is 0 Å². The van der Waals surface area contributed by atoms with E-state index in [4.69, 9.17) is 4.42 Å². The molecule has 0 radical (unpaired) electrons.